The first-order chi connectivity index (χ1) is 18.6. The summed E-state index contributed by atoms with van der Waals surface area (Å²) in [7, 11) is -3.51. The fourth-order valence-electron chi connectivity index (χ4n) is 7.14. The largest absolute Gasteiger partial charge is 0.303 e. The fourth-order valence-corrected chi connectivity index (χ4v) is 9.01. The third kappa shape index (κ3) is 4.22. The average Bonchev–Trinajstić information content (AvgIpc) is 3.34. The molecule has 0 bridgehead atoms. The Balaban J connectivity index is 1.45. The molecule has 0 aliphatic heterocycles. The van der Waals surface area contributed by atoms with Gasteiger partial charge in [0.05, 0.1) is 22.2 Å². The topological polar surface area (TPSA) is 64.8 Å². The molecule has 7 heteroatoms. The van der Waals surface area contributed by atoms with Gasteiger partial charge in [0.2, 0.25) is 0 Å². The number of halogens is 1. The van der Waals surface area contributed by atoms with Gasteiger partial charge in [0, 0.05) is 28.7 Å². The second-order valence-corrected chi connectivity index (χ2v) is 14.0. The van der Waals surface area contributed by atoms with Gasteiger partial charge >= 0.3 is 0 Å². The van der Waals surface area contributed by atoms with Crippen molar-refractivity contribution < 1.29 is 12.8 Å². The maximum Gasteiger partial charge on any atom is 0.181 e. The van der Waals surface area contributed by atoms with Gasteiger partial charge in [0.15, 0.2) is 9.84 Å². The molecule has 1 fully saturated rings. The predicted octanol–water partition coefficient (Wildman–Crippen LogP) is 6.42. The van der Waals surface area contributed by atoms with Crippen molar-refractivity contribution in [2.75, 3.05) is 0 Å². The average molecular weight is 544 g/mol. The molecule has 2 aliphatic carbocycles. The standard InChI is InChI=1S/C32H34FN3O2S/c1-22-7-14-26(15-8-22)39(37,38)27-16-9-23-18-29-28(35-21-36(29)25-12-10-24(33)11-13-25)20-32(23,19-27)31(2,3)30-6-4-5-17-34-30/h4-8,10-15,17,21,23,27H,9,16,18-20H2,1-3H3/t23?,27-,32+/m0/s1. The molecule has 1 saturated carbocycles. The van der Waals surface area contributed by atoms with E-state index in [0.29, 0.717) is 24.2 Å². The van der Waals surface area contributed by atoms with Crippen LogP contribution >= 0.6 is 0 Å². The third-order valence-corrected chi connectivity index (χ3v) is 11.7. The Bertz CT molecular complexity index is 1600. The van der Waals surface area contributed by atoms with Crippen LogP contribution in [0.2, 0.25) is 0 Å². The molecule has 5 nitrogen and oxygen atoms in total. The second-order valence-electron chi connectivity index (χ2n) is 11.8. The number of sulfone groups is 1. The molecular weight excluding hydrogens is 509 g/mol. The smallest absolute Gasteiger partial charge is 0.181 e. The van der Waals surface area contributed by atoms with E-state index in [1.165, 1.54) is 12.1 Å². The molecule has 4 aromatic rings. The van der Waals surface area contributed by atoms with Crippen molar-refractivity contribution in [3.8, 4) is 5.69 Å². The van der Waals surface area contributed by atoms with Crippen molar-refractivity contribution in [2.24, 2.45) is 11.3 Å². The summed E-state index contributed by atoms with van der Waals surface area (Å²) in [4.78, 5) is 10.0. The van der Waals surface area contributed by atoms with Crippen LogP contribution in [0.25, 0.3) is 5.69 Å². The highest BCUT2D eigenvalue weighted by Gasteiger charge is 2.58. The Morgan fingerprint density at radius 2 is 1.72 bits per heavy atom. The van der Waals surface area contributed by atoms with Gasteiger partial charge in [-0.2, -0.15) is 0 Å². The Kier molecular flexibility index (Phi) is 6.25. The quantitative estimate of drug-likeness (QED) is 0.291. The highest BCUT2D eigenvalue weighted by Crippen LogP contribution is 2.60. The minimum absolute atomic E-state index is 0.252. The van der Waals surface area contributed by atoms with Gasteiger partial charge in [-0.15, -0.1) is 0 Å². The summed E-state index contributed by atoms with van der Waals surface area (Å²) in [6.45, 7) is 6.42. The lowest BCUT2D eigenvalue weighted by molar-refractivity contribution is 0.00414. The maximum absolute atomic E-state index is 14.0. The van der Waals surface area contributed by atoms with Gasteiger partial charge < -0.3 is 4.57 Å². The molecule has 2 aromatic heterocycles. The van der Waals surface area contributed by atoms with Crippen molar-refractivity contribution >= 4 is 9.84 Å². The zero-order valence-corrected chi connectivity index (χ0v) is 23.5. The first-order valence-electron chi connectivity index (χ1n) is 13.6. The normalized spacial score (nSPS) is 23.2. The summed E-state index contributed by atoms with van der Waals surface area (Å²) < 4.78 is 43.6. The van der Waals surface area contributed by atoms with E-state index >= 15 is 0 Å². The molecule has 2 heterocycles. The zero-order chi connectivity index (χ0) is 27.4. The molecule has 0 saturated heterocycles. The van der Waals surface area contributed by atoms with E-state index in [1.54, 1.807) is 24.3 Å². The van der Waals surface area contributed by atoms with E-state index in [0.717, 1.165) is 41.2 Å². The number of imidazole rings is 1. The van der Waals surface area contributed by atoms with Crippen molar-refractivity contribution in [1.29, 1.82) is 0 Å². The second kappa shape index (κ2) is 9.40. The van der Waals surface area contributed by atoms with Crippen LogP contribution in [0.1, 0.15) is 55.8 Å². The number of benzene rings is 2. The SMILES string of the molecule is Cc1ccc(S(=O)(=O)[C@H]2CCC3Cc4c(ncn4-c4ccc(F)cc4)C[C@]3(C(C)(C)c3ccccn3)C2)cc1. The molecule has 1 unspecified atom stereocenters. The molecule has 202 valence electrons. The van der Waals surface area contributed by atoms with Gasteiger partial charge in [-0.1, -0.05) is 37.6 Å². The summed E-state index contributed by atoms with van der Waals surface area (Å²) in [5.41, 5.74) is 4.30. The molecular formula is C32H34FN3O2S. The number of rotatable bonds is 5. The van der Waals surface area contributed by atoms with E-state index in [1.807, 2.05) is 43.7 Å². The number of hydrogen-bond acceptors (Lipinski definition) is 4. The predicted molar refractivity (Wildman–Crippen MR) is 150 cm³/mol. The Morgan fingerprint density at radius 3 is 2.41 bits per heavy atom. The van der Waals surface area contributed by atoms with Crippen LogP contribution in [0.15, 0.2) is 84.1 Å². The van der Waals surface area contributed by atoms with Crippen LogP contribution < -0.4 is 0 Å². The Labute approximate surface area is 230 Å². The molecule has 6 rings (SSSR count). The van der Waals surface area contributed by atoms with Gasteiger partial charge in [-0.05, 0) is 98.9 Å². The van der Waals surface area contributed by atoms with Gasteiger partial charge in [0.25, 0.3) is 0 Å². The first kappa shape index (κ1) is 25.9. The Morgan fingerprint density at radius 1 is 0.974 bits per heavy atom. The molecule has 0 N–H and O–H groups in total. The Hall–Kier alpha value is -3.32. The summed E-state index contributed by atoms with van der Waals surface area (Å²) in [5.74, 6) is -0.0145. The van der Waals surface area contributed by atoms with E-state index in [-0.39, 0.29) is 17.2 Å². The molecule has 2 aliphatic rings. The lowest BCUT2D eigenvalue weighted by atomic mass is 9.48. The summed E-state index contributed by atoms with van der Waals surface area (Å²) in [6.07, 6.45) is 7.10. The van der Waals surface area contributed by atoms with Crippen LogP contribution in [0.3, 0.4) is 0 Å². The number of hydrogen-bond donors (Lipinski definition) is 0. The monoisotopic (exact) mass is 543 g/mol. The van der Waals surface area contributed by atoms with Crippen molar-refractivity contribution in [3.05, 3.63) is 108 Å². The fraction of sp³-hybridized carbons (Fsp3) is 0.375. The van der Waals surface area contributed by atoms with Crippen molar-refractivity contribution in [3.63, 3.8) is 0 Å². The van der Waals surface area contributed by atoms with Crippen molar-refractivity contribution in [2.45, 2.75) is 68.4 Å². The maximum atomic E-state index is 14.0. The van der Waals surface area contributed by atoms with Crippen LogP contribution in [0.4, 0.5) is 4.39 Å². The zero-order valence-electron chi connectivity index (χ0n) is 22.6. The van der Waals surface area contributed by atoms with Crippen LogP contribution in [0, 0.1) is 24.1 Å². The van der Waals surface area contributed by atoms with Crippen molar-refractivity contribution in [1.82, 2.24) is 14.5 Å². The lowest BCUT2D eigenvalue weighted by Gasteiger charge is -2.57. The summed E-state index contributed by atoms with van der Waals surface area (Å²) in [6, 6.07) is 19.7. The van der Waals surface area contributed by atoms with E-state index in [4.69, 9.17) is 9.97 Å². The van der Waals surface area contributed by atoms with Gasteiger partial charge in [-0.25, -0.2) is 17.8 Å². The number of pyridine rings is 1. The molecule has 0 spiro atoms. The molecule has 2 aromatic carbocycles. The van der Waals surface area contributed by atoms with Crippen LogP contribution in [0.5, 0.6) is 0 Å². The highest BCUT2D eigenvalue weighted by atomic mass is 32.2. The molecule has 0 amide bonds. The van der Waals surface area contributed by atoms with E-state index < -0.39 is 20.5 Å². The summed E-state index contributed by atoms with van der Waals surface area (Å²) in [5, 5.41) is -0.472. The number of nitrogens with zero attached hydrogens (tertiary/aromatic N) is 3. The number of aryl methyl sites for hydroxylation is 1. The number of aromatic nitrogens is 3. The van der Waals surface area contributed by atoms with E-state index in [9.17, 15) is 12.8 Å². The van der Waals surface area contributed by atoms with Crippen LogP contribution in [-0.2, 0) is 28.1 Å². The molecule has 3 atom stereocenters. The summed E-state index contributed by atoms with van der Waals surface area (Å²) >= 11 is 0. The molecule has 0 radical (unpaired) electrons. The lowest BCUT2D eigenvalue weighted by Crippen LogP contribution is -2.56. The first-order valence-corrected chi connectivity index (χ1v) is 15.2. The molecule has 39 heavy (non-hydrogen) atoms. The highest BCUT2D eigenvalue weighted by molar-refractivity contribution is 7.92. The minimum Gasteiger partial charge on any atom is -0.303 e. The number of fused-ring (bicyclic) bond motifs is 2. The van der Waals surface area contributed by atoms with E-state index in [2.05, 4.69) is 24.5 Å². The third-order valence-electron chi connectivity index (χ3n) is 9.53. The minimum atomic E-state index is -3.51. The van der Waals surface area contributed by atoms with Crippen LogP contribution in [-0.4, -0.2) is 28.2 Å². The van der Waals surface area contributed by atoms with Gasteiger partial charge in [-0.3, -0.25) is 4.98 Å². The van der Waals surface area contributed by atoms with Gasteiger partial charge in [0.1, 0.15) is 5.82 Å².